The van der Waals surface area contributed by atoms with E-state index in [1.807, 2.05) is 0 Å². The van der Waals surface area contributed by atoms with Gasteiger partial charge in [-0.25, -0.2) is 4.39 Å². The molecule has 1 fully saturated rings. The maximum absolute atomic E-state index is 13.4. The summed E-state index contributed by atoms with van der Waals surface area (Å²) in [5.74, 6) is -6.52. The van der Waals surface area contributed by atoms with Crippen molar-refractivity contribution in [3.8, 4) is 0 Å². The summed E-state index contributed by atoms with van der Waals surface area (Å²) in [6, 6.07) is 0. The zero-order valence-electron chi connectivity index (χ0n) is 8.71. The lowest BCUT2D eigenvalue weighted by atomic mass is 9.93. The number of rotatable bonds is 2. The first kappa shape index (κ1) is 14.9. The summed E-state index contributed by atoms with van der Waals surface area (Å²) in [6.45, 7) is 1.14. The van der Waals surface area contributed by atoms with Crippen LogP contribution in [0.4, 0.5) is 4.39 Å². The molecule has 17 heavy (non-hydrogen) atoms. The minimum absolute atomic E-state index is 1.14. The lowest BCUT2D eigenvalue weighted by Crippen LogP contribution is -2.67. The van der Waals surface area contributed by atoms with E-state index in [-0.39, 0.29) is 0 Å². The number of aliphatic hydroxyl groups is 4. The van der Waals surface area contributed by atoms with Gasteiger partial charge >= 0.3 is 7.60 Å². The molecule has 0 aromatic carbocycles. The molecule has 6 N–H and O–H groups in total. The molecule has 8 nitrogen and oxygen atoms in total. The minimum Gasteiger partial charge on any atom is -0.388 e. The summed E-state index contributed by atoms with van der Waals surface area (Å²) in [4.78, 5) is 17.2. The fourth-order valence-electron chi connectivity index (χ4n) is 1.58. The average molecular weight is 276 g/mol. The van der Waals surface area contributed by atoms with Gasteiger partial charge in [-0.2, -0.15) is 0 Å². The van der Waals surface area contributed by atoms with Crippen molar-refractivity contribution in [3.63, 3.8) is 0 Å². The first-order chi connectivity index (χ1) is 7.51. The van der Waals surface area contributed by atoms with Gasteiger partial charge in [0, 0.05) is 0 Å². The number of hydrogen-bond donors (Lipinski definition) is 6. The standard InChI is InChI=1S/C7H14FO8P/c1-2-3(9)4(10)5(11)7(12,16-2)6(8)17(13,14)15/h2-6,9-12H,1H3,(H2,13,14,15)/t2-,3-,4+,5+,6+,7-/m0/s1. The second-order valence-corrected chi connectivity index (χ2v) is 5.56. The molecule has 1 aliphatic rings. The lowest BCUT2D eigenvalue weighted by Gasteiger charge is -2.45. The summed E-state index contributed by atoms with van der Waals surface area (Å²) in [6.07, 6.45) is -7.32. The maximum Gasteiger partial charge on any atom is 0.365 e. The van der Waals surface area contributed by atoms with Gasteiger partial charge < -0.3 is 34.9 Å². The molecule has 0 aromatic rings. The van der Waals surface area contributed by atoms with E-state index in [4.69, 9.17) is 9.79 Å². The maximum atomic E-state index is 13.4. The van der Waals surface area contributed by atoms with Crippen LogP contribution in [0.2, 0.25) is 0 Å². The van der Waals surface area contributed by atoms with E-state index in [0.717, 1.165) is 6.92 Å². The van der Waals surface area contributed by atoms with E-state index in [2.05, 4.69) is 4.74 Å². The van der Waals surface area contributed by atoms with Crippen molar-refractivity contribution in [1.29, 1.82) is 0 Å². The number of halogens is 1. The van der Waals surface area contributed by atoms with Gasteiger partial charge in [0.05, 0.1) is 6.10 Å². The quantitative estimate of drug-likeness (QED) is 0.307. The summed E-state index contributed by atoms with van der Waals surface area (Å²) in [5, 5.41) is 37.5. The second-order valence-electron chi connectivity index (χ2n) is 3.93. The van der Waals surface area contributed by atoms with Crippen molar-refractivity contribution in [2.24, 2.45) is 0 Å². The van der Waals surface area contributed by atoms with E-state index in [1.54, 1.807) is 0 Å². The average Bonchev–Trinajstić information content (AvgIpc) is 2.21. The fourth-order valence-corrected chi connectivity index (χ4v) is 2.28. The van der Waals surface area contributed by atoms with Crippen LogP contribution in [0.3, 0.4) is 0 Å². The Labute approximate surface area is 95.4 Å². The molecule has 1 aliphatic heterocycles. The molecule has 0 saturated carbocycles. The molecule has 6 atom stereocenters. The van der Waals surface area contributed by atoms with Crippen LogP contribution < -0.4 is 0 Å². The second kappa shape index (κ2) is 4.52. The number of hydrogen-bond acceptors (Lipinski definition) is 6. The molecule has 0 bridgehead atoms. The zero-order valence-corrected chi connectivity index (χ0v) is 9.61. The lowest BCUT2D eigenvalue weighted by molar-refractivity contribution is -0.353. The summed E-state index contributed by atoms with van der Waals surface area (Å²) in [5.41, 5.74) is 0. The van der Waals surface area contributed by atoms with Crippen LogP contribution in [-0.2, 0) is 9.30 Å². The van der Waals surface area contributed by atoms with Crippen LogP contribution in [0.5, 0.6) is 0 Å². The van der Waals surface area contributed by atoms with Crippen molar-refractivity contribution < 1.29 is 43.9 Å². The van der Waals surface area contributed by atoms with Gasteiger partial charge in [-0.1, -0.05) is 0 Å². The van der Waals surface area contributed by atoms with Gasteiger partial charge in [0.1, 0.15) is 18.3 Å². The highest BCUT2D eigenvalue weighted by molar-refractivity contribution is 7.52. The molecule has 0 radical (unpaired) electrons. The molecule has 0 amide bonds. The minimum atomic E-state index is -5.40. The molecule has 0 aliphatic carbocycles. The van der Waals surface area contributed by atoms with Crippen LogP contribution in [-0.4, -0.2) is 66.3 Å². The summed E-state index contributed by atoms with van der Waals surface area (Å²) < 4.78 is 28.6. The first-order valence-electron chi connectivity index (χ1n) is 4.65. The van der Waals surface area contributed by atoms with Crippen LogP contribution in [0.1, 0.15) is 6.92 Å². The normalized spacial score (nSPS) is 45.6. The van der Waals surface area contributed by atoms with Crippen LogP contribution in [0.15, 0.2) is 0 Å². The monoisotopic (exact) mass is 276 g/mol. The van der Waals surface area contributed by atoms with E-state index in [1.165, 1.54) is 0 Å². The van der Waals surface area contributed by atoms with Gasteiger partial charge in [0.25, 0.3) is 5.91 Å². The molecule has 0 unspecified atom stereocenters. The Hall–Kier alpha value is -0.120. The van der Waals surface area contributed by atoms with Crippen molar-refractivity contribution >= 4 is 7.60 Å². The van der Waals surface area contributed by atoms with Gasteiger partial charge in [0.15, 0.2) is 0 Å². The van der Waals surface area contributed by atoms with Crippen LogP contribution >= 0.6 is 7.60 Å². The van der Waals surface area contributed by atoms with Gasteiger partial charge in [-0.15, -0.1) is 0 Å². The fraction of sp³-hybridized carbons (Fsp3) is 1.00. The topological polar surface area (TPSA) is 148 Å². The van der Waals surface area contributed by atoms with E-state index >= 15 is 0 Å². The molecule has 0 aromatic heterocycles. The molecule has 10 heteroatoms. The number of alkyl halides is 1. The number of ether oxygens (including phenoxy) is 1. The van der Waals surface area contributed by atoms with Crippen LogP contribution in [0.25, 0.3) is 0 Å². The Morgan fingerprint density at radius 2 is 1.76 bits per heavy atom. The first-order valence-corrected chi connectivity index (χ1v) is 6.33. The Kier molecular flexibility index (Phi) is 3.98. The van der Waals surface area contributed by atoms with E-state index < -0.39 is 43.7 Å². The van der Waals surface area contributed by atoms with E-state index in [9.17, 15) is 29.4 Å². The summed E-state index contributed by atoms with van der Waals surface area (Å²) in [7, 11) is -5.40. The summed E-state index contributed by atoms with van der Waals surface area (Å²) >= 11 is 0. The Morgan fingerprint density at radius 1 is 1.29 bits per heavy atom. The third-order valence-corrected chi connectivity index (χ3v) is 3.55. The predicted octanol–water partition coefficient (Wildman–Crippen LogP) is -2.35. The van der Waals surface area contributed by atoms with Gasteiger partial charge in [-0.05, 0) is 6.92 Å². The molecule has 102 valence electrons. The zero-order chi connectivity index (χ0) is 13.6. The van der Waals surface area contributed by atoms with Crippen LogP contribution in [0, 0.1) is 0 Å². The Balaban J connectivity index is 3.07. The molecular formula is C7H14FO8P. The Bertz CT molecular complexity index is 334. The van der Waals surface area contributed by atoms with Crippen molar-refractivity contribution in [2.45, 2.75) is 43.0 Å². The highest BCUT2D eigenvalue weighted by atomic mass is 31.2. The Morgan fingerprint density at radius 3 is 2.18 bits per heavy atom. The van der Waals surface area contributed by atoms with Crippen molar-refractivity contribution in [2.75, 3.05) is 0 Å². The van der Waals surface area contributed by atoms with Gasteiger partial charge in [0.2, 0.25) is 5.79 Å². The highest BCUT2D eigenvalue weighted by Gasteiger charge is 2.61. The number of aliphatic hydroxyl groups excluding tert-OH is 3. The predicted molar refractivity (Wildman–Crippen MR) is 50.5 cm³/mol. The van der Waals surface area contributed by atoms with Crippen molar-refractivity contribution in [3.05, 3.63) is 0 Å². The van der Waals surface area contributed by atoms with Gasteiger partial charge in [-0.3, -0.25) is 4.57 Å². The molecule has 1 heterocycles. The molecular weight excluding hydrogens is 262 g/mol. The van der Waals surface area contributed by atoms with Crippen molar-refractivity contribution in [1.82, 2.24) is 0 Å². The third-order valence-electron chi connectivity index (χ3n) is 2.59. The molecule has 0 spiro atoms. The molecule has 1 rings (SSSR count). The van der Waals surface area contributed by atoms with E-state index in [0.29, 0.717) is 0 Å². The third kappa shape index (κ3) is 2.51. The highest BCUT2D eigenvalue weighted by Crippen LogP contribution is 2.50. The SMILES string of the molecule is C[C@@H]1O[C@](O)([C@H](F)P(=O)(O)O)[C@H](O)[C@H](O)[C@H]1O. The largest absolute Gasteiger partial charge is 0.388 e. The smallest absolute Gasteiger partial charge is 0.365 e. The molecule has 1 saturated heterocycles.